The highest BCUT2D eigenvalue weighted by atomic mass is 19.1. The molecule has 0 bridgehead atoms. The van der Waals surface area contributed by atoms with E-state index < -0.39 is 0 Å². The van der Waals surface area contributed by atoms with E-state index in [1.165, 1.54) is 38.2 Å². The van der Waals surface area contributed by atoms with E-state index in [1.54, 1.807) is 6.07 Å². The minimum absolute atomic E-state index is 0.133. The molecular formula is C17H26FN. The highest BCUT2D eigenvalue weighted by molar-refractivity contribution is 5.20. The van der Waals surface area contributed by atoms with Gasteiger partial charge in [0.25, 0.3) is 0 Å². The van der Waals surface area contributed by atoms with Gasteiger partial charge in [-0.15, -0.1) is 0 Å². The van der Waals surface area contributed by atoms with E-state index in [0.29, 0.717) is 6.04 Å². The zero-order valence-corrected chi connectivity index (χ0v) is 12.2. The lowest BCUT2D eigenvalue weighted by Gasteiger charge is -2.28. The molecule has 3 unspecified atom stereocenters. The monoisotopic (exact) mass is 263 g/mol. The van der Waals surface area contributed by atoms with Crippen LogP contribution in [-0.2, 0) is 0 Å². The number of benzene rings is 1. The Morgan fingerprint density at radius 1 is 1.26 bits per heavy atom. The number of nitrogens with one attached hydrogen (secondary N) is 1. The number of hydrogen-bond donors (Lipinski definition) is 1. The Labute approximate surface area is 116 Å². The van der Waals surface area contributed by atoms with Crippen molar-refractivity contribution in [2.24, 2.45) is 5.92 Å². The molecule has 0 aromatic heterocycles. The van der Waals surface area contributed by atoms with Gasteiger partial charge in [0.15, 0.2) is 0 Å². The second-order valence-corrected chi connectivity index (χ2v) is 5.90. The quantitative estimate of drug-likeness (QED) is 0.767. The zero-order chi connectivity index (χ0) is 13.7. The third-order valence-electron chi connectivity index (χ3n) is 4.44. The van der Waals surface area contributed by atoms with Crippen molar-refractivity contribution < 1.29 is 4.39 Å². The van der Waals surface area contributed by atoms with E-state index in [-0.39, 0.29) is 11.9 Å². The highest BCUT2D eigenvalue weighted by Crippen LogP contribution is 2.26. The van der Waals surface area contributed by atoms with Gasteiger partial charge in [-0.3, -0.25) is 0 Å². The molecule has 1 aliphatic rings. The molecule has 0 spiro atoms. The van der Waals surface area contributed by atoms with E-state index in [4.69, 9.17) is 0 Å². The molecule has 1 nitrogen and oxygen atoms in total. The van der Waals surface area contributed by atoms with Crippen molar-refractivity contribution in [3.63, 3.8) is 0 Å². The molecule has 0 amide bonds. The molecule has 106 valence electrons. The van der Waals surface area contributed by atoms with Crippen LogP contribution in [0.1, 0.15) is 64.0 Å². The van der Waals surface area contributed by atoms with Gasteiger partial charge in [-0.05, 0) is 42.9 Å². The van der Waals surface area contributed by atoms with Crippen molar-refractivity contribution in [3.05, 3.63) is 35.6 Å². The Bertz CT molecular complexity index is 391. The van der Waals surface area contributed by atoms with Crippen molar-refractivity contribution >= 4 is 0 Å². The van der Waals surface area contributed by atoms with Crippen molar-refractivity contribution in [1.29, 1.82) is 0 Å². The maximum Gasteiger partial charge on any atom is 0.123 e. The number of hydrogen-bond acceptors (Lipinski definition) is 1. The molecule has 0 saturated heterocycles. The first-order valence-electron chi connectivity index (χ1n) is 7.72. The maximum absolute atomic E-state index is 13.4. The van der Waals surface area contributed by atoms with Gasteiger partial charge in [0.1, 0.15) is 5.82 Å². The Morgan fingerprint density at radius 3 is 2.79 bits per heavy atom. The normalized spacial score (nSPS) is 25.8. The standard InChI is InChI=1S/C17H26FN/c1-3-16(14-9-7-10-15(18)12-14)19-17-11-6-4-5-8-13(17)2/h7,9-10,12-13,16-17,19H,3-6,8,11H2,1-2H3. The molecule has 1 fully saturated rings. The predicted octanol–water partition coefficient (Wildman–Crippen LogP) is 4.84. The van der Waals surface area contributed by atoms with Crippen LogP contribution in [0, 0.1) is 11.7 Å². The van der Waals surface area contributed by atoms with Crippen LogP contribution < -0.4 is 5.32 Å². The Balaban J connectivity index is 2.05. The fourth-order valence-corrected chi connectivity index (χ4v) is 3.17. The van der Waals surface area contributed by atoms with Crippen LogP contribution in [0.5, 0.6) is 0 Å². The van der Waals surface area contributed by atoms with Crippen LogP contribution in [0.2, 0.25) is 0 Å². The summed E-state index contributed by atoms with van der Waals surface area (Å²) in [4.78, 5) is 0. The van der Waals surface area contributed by atoms with Gasteiger partial charge >= 0.3 is 0 Å². The molecule has 1 N–H and O–H groups in total. The van der Waals surface area contributed by atoms with E-state index in [9.17, 15) is 4.39 Å². The summed E-state index contributed by atoms with van der Waals surface area (Å²) in [5.41, 5.74) is 1.08. The average molecular weight is 263 g/mol. The van der Waals surface area contributed by atoms with Crippen LogP contribution in [0.25, 0.3) is 0 Å². The smallest absolute Gasteiger partial charge is 0.123 e. The topological polar surface area (TPSA) is 12.0 Å². The van der Waals surface area contributed by atoms with Gasteiger partial charge in [-0.1, -0.05) is 45.2 Å². The summed E-state index contributed by atoms with van der Waals surface area (Å²) in [6.45, 7) is 4.52. The third kappa shape index (κ3) is 4.04. The van der Waals surface area contributed by atoms with E-state index in [1.807, 2.05) is 12.1 Å². The molecule has 19 heavy (non-hydrogen) atoms. The summed E-state index contributed by atoms with van der Waals surface area (Å²) in [6, 6.07) is 7.89. The van der Waals surface area contributed by atoms with Crippen LogP contribution in [0.3, 0.4) is 0 Å². The minimum Gasteiger partial charge on any atom is -0.307 e. The van der Waals surface area contributed by atoms with Gasteiger partial charge in [-0.2, -0.15) is 0 Å². The van der Waals surface area contributed by atoms with Crippen molar-refractivity contribution in [3.8, 4) is 0 Å². The maximum atomic E-state index is 13.4. The predicted molar refractivity (Wildman–Crippen MR) is 78.6 cm³/mol. The van der Waals surface area contributed by atoms with E-state index in [2.05, 4.69) is 19.2 Å². The van der Waals surface area contributed by atoms with Gasteiger partial charge in [0, 0.05) is 12.1 Å². The van der Waals surface area contributed by atoms with Crippen LogP contribution in [0.4, 0.5) is 4.39 Å². The lowest BCUT2D eigenvalue weighted by molar-refractivity contribution is 0.317. The molecule has 0 heterocycles. The van der Waals surface area contributed by atoms with Crippen molar-refractivity contribution in [2.75, 3.05) is 0 Å². The van der Waals surface area contributed by atoms with E-state index >= 15 is 0 Å². The molecule has 2 heteroatoms. The highest BCUT2D eigenvalue weighted by Gasteiger charge is 2.22. The van der Waals surface area contributed by atoms with Gasteiger partial charge in [-0.25, -0.2) is 4.39 Å². The molecule has 1 aromatic rings. The van der Waals surface area contributed by atoms with Gasteiger partial charge < -0.3 is 5.32 Å². The minimum atomic E-state index is -0.133. The molecule has 1 aliphatic carbocycles. The number of halogens is 1. The Hall–Kier alpha value is -0.890. The molecule has 1 saturated carbocycles. The van der Waals surface area contributed by atoms with Crippen LogP contribution in [-0.4, -0.2) is 6.04 Å². The first-order chi connectivity index (χ1) is 9.20. The van der Waals surface area contributed by atoms with Gasteiger partial charge in [0.2, 0.25) is 0 Å². The SMILES string of the molecule is CCC(NC1CCCCCC1C)c1cccc(F)c1. The lowest BCUT2D eigenvalue weighted by atomic mass is 9.94. The summed E-state index contributed by atoms with van der Waals surface area (Å²) < 4.78 is 13.4. The fraction of sp³-hybridized carbons (Fsp3) is 0.647. The summed E-state index contributed by atoms with van der Waals surface area (Å²) in [5.74, 6) is 0.594. The summed E-state index contributed by atoms with van der Waals surface area (Å²) in [5, 5.41) is 3.77. The summed E-state index contributed by atoms with van der Waals surface area (Å²) in [6.07, 6.45) is 7.62. The lowest BCUT2D eigenvalue weighted by Crippen LogP contribution is -2.37. The second kappa shape index (κ2) is 7.04. The van der Waals surface area contributed by atoms with Crippen LogP contribution in [0.15, 0.2) is 24.3 Å². The largest absolute Gasteiger partial charge is 0.307 e. The molecule has 0 radical (unpaired) electrons. The fourth-order valence-electron chi connectivity index (χ4n) is 3.17. The molecule has 1 aromatic carbocycles. The molecule has 0 aliphatic heterocycles. The third-order valence-corrected chi connectivity index (χ3v) is 4.44. The van der Waals surface area contributed by atoms with Crippen molar-refractivity contribution in [2.45, 2.75) is 64.5 Å². The van der Waals surface area contributed by atoms with Crippen molar-refractivity contribution in [1.82, 2.24) is 5.32 Å². The average Bonchev–Trinajstić information content (AvgIpc) is 2.61. The summed E-state index contributed by atoms with van der Waals surface area (Å²) >= 11 is 0. The molecular weight excluding hydrogens is 237 g/mol. The van der Waals surface area contributed by atoms with Gasteiger partial charge in [0.05, 0.1) is 0 Å². The summed E-state index contributed by atoms with van der Waals surface area (Å²) in [7, 11) is 0. The van der Waals surface area contributed by atoms with Crippen LogP contribution >= 0.6 is 0 Å². The molecule has 3 atom stereocenters. The Kier molecular flexibility index (Phi) is 5.38. The zero-order valence-electron chi connectivity index (χ0n) is 12.2. The number of rotatable bonds is 4. The Morgan fingerprint density at radius 2 is 2.05 bits per heavy atom. The first kappa shape index (κ1) is 14.5. The molecule has 2 rings (SSSR count). The second-order valence-electron chi connectivity index (χ2n) is 5.90. The van der Waals surface area contributed by atoms with E-state index in [0.717, 1.165) is 17.9 Å². The first-order valence-corrected chi connectivity index (χ1v) is 7.72.